The van der Waals surface area contributed by atoms with Crippen LogP contribution in [0.2, 0.25) is 0 Å². The molecule has 0 bridgehead atoms. The maximum Gasteiger partial charge on any atom is 0.0951 e. The van der Waals surface area contributed by atoms with Crippen LogP contribution in [0.3, 0.4) is 0 Å². The van der Waals surface area contributed by atoms with E-state index in [0.29, 0.717) is 0 Å². The number of hydrogen-bond acceptors (Lipinski definition) is 2. The summed E-state index contributed by atoms with van der Waals surface area (Å²) in [4.78, 5) is 8.06. The number of nitrogens with zero attached hydrogens (tertiary/aromatic N) is 2. The lowest BCUT2D eigenvalue weighted by molar-refractivity contribution is 1.19. The van der Waals surface area contributed by atoms with E-state index >= 15 is 0 Å². The molecule has 0 unspecified atom stereocenters. The molecule has 0 amide bonds. The number of aryl methyl sites for hydroxylation is 1. The molecule has 0 aromatic carbocycles. The Morgan fingerprint density at radius 1 is 1.38 bits per heavy atom. The van der Waals surface area contributed by atoms with E-state index in [1.165, 1.54) is 0 Å². The second-order valence-corrected chi connectivity index (χ2v) is 2.70. The van der Waals surface area contributed by atoms with E-state index < -0.39 is 0 Å². The third-order valence-electron chi connectivity index (χ3n) is 0.910. The molecule has 3 heteroatoms. The van der Waals surface area contributed by atoms with Crippen LogP contribution >= 0.6 is 0 Å². The fraction of sp³-hybridized carbons (Fsp3) is 0.200. The van der Waals surface area contributed by atoms with E-state index in [9.17, 15) is 0 Å². The minimum absolute atomic E-state index is 0.949. The molecule has 42 valence electrons. The van der Waals surface area contributed by atoms with Crippen molar-refractivity contribution in [2.75, 3.05) is 0 Å². The summed E-state index contributed by atoms with van der Waals surface area (Å²) in [7, 11) is 0.949. The van der Waals surface area contributed by atoms with Crippen LogP contribution in [0.1, 0.15) is 5.56 Å². The van der Waals surface area contributed by atoms with E-state index in [0.717, 1.165) is 21.3 Å². The van der Waals surface area contributed by atoms with Gasteiger partial charge in [0, 0.05) is 12.4 Å². The SMILES string of the molecule is Cc1cnc([SiH3])nc1. The molecular weight excluding hydrogens is 116 g/mol. The number of rotatable bonds is 0. The lowest BCUT2D eigenvalue weighted by Gasteiger charge is -1.88. The molecule has 0 spiro atoms. The van der Waals surface area contributed by atoms with Crippen LogP contribution in [0, 0.1) is 6.92 Å². The van der Waals surface area contributed by atoms with Crippen molar-refractivity contribution in [3.05, 3.63) is 18.0 Å². The molecule has 1 heterocycles. The van der Waals surface area contributed by atoms with Crippen molar-refractivity contribution in [2.24, 2.45) is 0 Å². The maximum atomic E-state index is 4.03. The van der Waals surface area contributed by atoms with Gasteiger partial charge in [-0.2, -0.15) is 0 Å². The predicted molar refractivity (Wildman–Crippen MR) is 36.3 cm³/mol. The van der Waals surface area contributed by atoms with Gasteiger partial charge in [0.2, 0.25) is 0 Å². The third-order valence-corrected chi connectivity index (χ3v) is 1.43. The van der Waals surface area contributed by atoms with Gasteiger partial charge in [0.25, 0.3) is 0 Å². The zero-order valence-corrected chi connectivity index (χ0v) is 7.05. The van der Waals surface area contributed by atoms with Crippen LogP contribution in [0.15, 0.2) is 12.4 Å². The van der Waals surface area contributed by atoms with Gasteiger partial charge in [0.15, 0.2) is 0 Å². The lowest BCUT2D eigenvalue weighted by Crippen LogP contribution is -2.11. The van der Waals surface area contributed by atoms with Gasteiger partial charge in [-0.05, 0) is 12.5 Å². The van der Waals surface area contributed by atoms with Gasteiger partial charge in [0.05, 0.1) is 15.7 Å². The van der Waals surface area contributed by atoms with Gasteiger partial charge in [0.1, 0.15) is 0 Å². The first-order valence-electron chi connectivity index (χ1n) is 2.54. The molecule has 0 aliphatic carbocycles. The van der Waals surface area contributed by atoms with Crippen molar-refractivity contribution >= 4 is 15.7 Å². The molecule has 1 aromatic rings. The lowest BCUT2D eigenvalue weighted by atomic mass is 10.4. The highest BCUT2D eigenvalue weighted by Gasteiger charge is 1.82. The van der Waals surface area contributed by atoms with Crippen molar-refractivity contribution in [2.45, 2.75) is 6.92 Å². The quantitative estimate of drug-likeness (QED) is 0.405. The van der Waals surface area contributed by atoms with E-state index in [-0.39, 0.29) is 0 Å². The van der Waals surface area contributed by atoms with Crippen LogP contribution < -0.4 is 5.45 Å². The Hall–Kier alpha value is -0.703. The summed E-state index contributed by atoms with van der Waals surface area (Å²) in [6, 6.07) is 0. The Morgan fingerprint density at radius 3 is 2.25 bits per heavy atom. The van der Waals surface area contributed by atoms with Crippen molar-refractivity contribution in [3.63, 3.8) is 0 Å². The van der Waals surface area contributed by atoms with Crippen LogP contribution in [0.5, 0.6) is 0 Å². The zero-order valence-electron chi connectivity index (χ0n) is 5.05. The monoisotopic (exact) mass is 124 g/mol. The second kappa shape index (κ2) is 2.04. The molecule has 2 nitrogen and oxygen atoms in total. The van der Waals surface area contributed by atoms with Crippen LogP contribution in [-0.2, 0) is 0 Å². The summed E-state index contributed by atoms with van der Waals surface area (Å²) in [5.74, 6) is 0. The predicted octanol–water partition coefficient (Wildman–Crippen LogP) is -1.22. The normalized spacial score (nSPS) is 9.62. The fourth-order valence-corrected chi connectivity index (χ4v) is 0.715. The first kappa shape index (κ1) is 5.43. The van der Waals surface area contributed by atoms with Crippen LogP contribution in [0.4, 0.5) is 0 Å². The van der Waals surface area contributed by atoms with Gasteiger partial charge < -0.3 is 0 Å². The topological polar surface area (TPSA) is 25.8 Å². The summed E-state index contributed by atoms with van der Waals surface area (Å²) < 4.78 is 0. The molecule has 0 saturated carbocycles. The molecule has 1 aromatic heterocycles. The molecule has 0 atom stereocenters. The summed E-state index contributed by atoms with van der Waals surface area (Å²) in [6.07, 6.45) is 3.69. The van der Waals surface area contributed by atoms with Gasteiger partial charge >= 0.3 is 0 Å². The standard InChI is InChI=1S/C5H8N2Si/c1-4-2-6-5(8)7-3-4/h2-3H,1,8H3. The zero-order chi connectivity index (χ0) is 5.98. The molecule has 8 heavy (non-hydrogen) atoms. The first-order valence-corrected chi connectivity index (χ1v) is 3.54. The molecule has 1 rings (SSSR count). The number of hydrogen-bond donors (Lipinski definition) is 0. The average molecular weight is 124 g/mol. The maximum absolute atomic E-state index is 4.03. The fourth-order valence-electron chi connectivity index (χ4n) is 0.457. The summed E-state index contributed by atoms with van der Waals surface area (Å²) in [5, 5.41) is 0. The highest BCUT2D eigenvalue weighted by molar-refractivity contribution is 6.28. The minimum atomic E-state index is 0.949. The Morgan fingerprint density at radius 2 is 1.88 bits per heavy atom. The van der Waals surface area contributed by atoms with Gasteiger partial charge in [-0.25, -0.2) is 9.97 Å². The van der Waals surface area contributed by atoms with Crippen molar-refractivity contribution < 1.29 is 0 Å². The highest BCUT2D eigenvalue weighted by atomic mass is 28.1. The molecule has 0 fully saturated rings. The van der Waals surface area contributed by atoms with Crippen LogP contribution in [0.25, 0.3) is 0 Å². The minimum Gasteiger partial charge on any atom is -0.248 e. The Kier molecular flexibility index (Phi) is 1.39. The van der Waals surface area contributed by atoms with Gasteiger partial charge in [-0.1, -0.05) is 0 Å². The van der Waals surface area contributed by atoms with Crippen molar-refractivity contribution in [3.8, 4) is 0 Å². The molecule has 0 N–H and O–H groups in total. The average Bonchev–Trinajstić information content (AvgIpc) is 1.77. The van der Waals surface area contributed by atoms with Gasteiger partial charge in [-0.3, -0.25) is 0 Å². The summed E-state index contributed by atoms with van der Waals surface area (Å²) >= 11 is 0. The Labute approximate surface area is 51.4 Å². The molecular formula is C5H8N2Si. The largest absolute Gasteiger partial charge is 0.248 e. The van der Waals surface area contributed by atoms with Crippen LogP contribution in [-0.4, -0.2) is 20.2 Å². The first-order chi connectivity index (χ1) is 3.79. The molecule has 0 radical (unpaired) electrons. The summed E-state index contributed by atoms with van der Waals surface area (Å²) in [5.41, 5.74) is 2.10. The molecule has 0 aliphatic heterocycles. The highest BCUT2D eigenvalue weighted by Crippen LogP contribution is 1.82. The summed E-state index contributed by atoms with van der Waals surface area (Å²) in [6.45, 7) is 1.99. The van der Waals surface area contributed by atoms with Crippen molar-refractivity contribution in [1.82, 2.24) is 9.97 Å². The van der Waals surface area contributed by atoms with E-state index in [4.69, 9.17) is 0 Å². The number of aromatic nitrogens is 2. The van der Waals surface area contributed by atoms with Crippen molar-refractivity contribution in [1.29, 1.82) is 0 Å². The second-order valence-electron chi connectivity index (χ2n) is 1.81. The Bertz CT molecular complexity index is 149. The third kappa shape index (κ3) is 1.13. The van der Waals surface area contributed by atoms with E-state index in [1.54, 1.807) is 0 Å². The molecule has 0 aliphatic rings. The smallest absolute Gasteiger partial charge is 0.0951 e. The molecule has 0 saturated heterocycles. The Balaban J connectivity index is 3.03. The van der Waals surface area contributed by atoms with E-state index in [2.05, 4.69) is 9.97 Å². The van der Waals surface area contributed by atoms with E-state index in [1.807, 2.05) is 19.3 Å². The van der Waals surface area contributed by atoms with Gasteiger partial charge in [-0.15, -0.1) is 0 Å².